The molecule has 2 rings (SSSR count). The molecule has 8 nitrogen and oxygen atoms in total. The van der Waals surface area contributed by atoms with Crippen LogP contribution in [0, 0.1) is 0 Å². The summed E-state index contributed by atoms with van der Waals surface area (Å²) in [6.45, 7) is 0.651. The quantitative estimate of drug-likeness (QED) is 0.448. The Kier molecular flexibility index (Phi) is 9.09. The van der Waals surface area contributed by atoms with Crippen molar-refractivity contribution in [3.63, 3.8) is 0 Å². The highest BCUT2D eigenvalue weighted by Gasteiger charge is 2.14. The van der Waals surface area contributed by atoms with E-state index >= 15 is 0 Å². The molecule has 30 heavy (non-hydrogen) atoms. The minimum Gasteiger partial charge on any atom is -0.497 e. The molecule has 0 saturated carbocycles. The van der Waals surface area contributed by atoms with Crippen LogP contribution in [0.2, 0.25) is 0 Å². The van der Waals surface area contributed by atoms with Crippen LogP contribution in [0.3, 0.4) is 0 Å². The van der Waals surface area contributed by atoms with E-state index in [1.807, 2.05) is 0 Å². The summed E-state index contributed by atoms with van der Waals surface area (Å²) < 4.78 is 64.0. The normalized spacial score (nSPS) is 11.9. The van der Waals surface area contributed by atoms with Crippen molar-refractivity contribution in [1.29, 1.82) is 0 Å². The Balaban J connectivity index is 1.64. The Labute approximate surface area is 178 Å². The summed E-state index contributed by atoms with van der Waals surface area (Å²) >= 11 is 0. The molecule has 0 aliphatic carbocycles. The smallest absolute Gasteiger partial charge is 0.240 e. The fourth-order valence-electron chi connectivity index (χ4n) is 2.69. The van der Waals surface area contributed by atoms with Gasteiger partial charge >= 0.3 is 0 Å². The fraction of sp³-hybridized carbons (Fsp3) is 0.400. The lowest BCUT2D eigenvalue weighted by molar-refractivity contribution is 0.414. The number of benzene rings is 2. The van der Waals surface area contributed by atoms with Crippen molar-refractivity contribution in [3.8, 4) is 11.5 Å². The van der Waals surface area contributed by atoms with Gasteiger partial charge < -0.3 is 9.47 Å². The average molecular weight is 457 g/mol. The van der Waals surface area contributed by atoms with Crippen LogP contribution in [0.15, 0.2) is 58.3 Å². The second-order valence-electron chi connectivity index (χ2n) is 6.56. The molecule has 0 fully saturated rings. The molecule has 0 atom stereocenters. The Hall–Kier alpha value is -2.14. The summed E-state index contributed by atoms with van der Waals surface area (Å²) in [4.78, 5) is 0.382. The van der Waals surface area contributed by atoms with E-state index in [1.54, 1.807) is 24.3 Å². The zero-order chi connectivity index (χ0) is 22.0. The number of rotatable bonds is 13. The third-order valence-electron chi connectivity index (χ3n) is 4.43. The first kappa shape index (κ1) is 24.1. The van der Waals surface area contributed by atoms with E-state index in [2.05, 4.69) is 9.44 Å². The van der Waals surface area contributed by atoms with Gasteiger partial charge in [-0.25, -0.2) is 26.3 Å². The second kappa shape index (κ2) is 11.3. The van der Waals surface area contributed by atoms with Gasteiger partial charge in [-0.2, -0.15) is 0 Å². The molecule has 10 heteroatoms. The summed E-state index contributed by atoms with van der Waals surface area (Å²) in [6.07, 6.45) is 2.91. The van der Waals surface area contributed by atoms with Crippen molar-refractivity contribution in [1.82, 2.24) is 9.44 Å². The maximum atomic E-state index is 12.2. The summed E-state index contributed by atoms with van der Waals surface area (Å²) in [5, 5.41) is 0. The van der Waals surface area contributed by atoms with Gasteiger partial charge in [0.1, 0.15) is 11.5 Å². The molecule has 0 heterocycles. The third-order valence-corrected chi connectivity index (χ3v) is 7.38. The van der Waals surface area contributed by atoms with E-state index in [0.717, 1.165) is 12.8 Å². The lowest BCUT2D eigenvalue weighted by Crippen LogP contribution is -2.25. The predicted octanol–water partition coefficient (Wildman–Crippen LogP) is 2.52. The molecule has 0 spiro atoms. The van der Waals surface area contributed by atoms with Crippen molar-refractivity contribution >= 4 is 20.0 Å². The Morgan fingerprint density at radius 3 is 1.23 bits per heavy atom. The molecular weight excluding hydrogens is 428 g/mol. The third kappa shape index (κ3) is 7.28. The van der Waals surface area contributed by atoms with Gasteiger partial charge in [0, 0.05) is 13.1 Å². The van der Waals surface area contributed by atoms with Gasteiger partial charge in [0.25, 0.3) is 0 Å². The second-order valence-corrected chi connectivity index (χ2v) is 10.1. The zero-order valence-electron chi connectivity index (χ0n) is 17.1. The van der Waals surface area contributed by atoms with Crippen LogP contribution in [0.25, 0.3) is 0 Å². The lowest BCUT2D eigenvalue weighted by atomic mass is 10.2. The van der Waals surface area contributed by atoms with Gasteiger partial charge in [-0.1, -0.05) is 12.8 Å². The van der Waals surface area contributed by atoms with Gasteiger partial charge in [-0.05, 0) is 61.4 Å². The van der Waals surface area contributed by atoms with E-state index in [0.29, 0.717) is 37.4 Å². The first-order valence-corrected chi connectivity index (χ1v) is 12.5. The molecule has 0 saturated heterocycles. The molecule has 2 N–H and O–H groups in total. The van der Waals surface area contributed by atoms with E-state index in [4.69, 9.17) is 9.47 Å². The molecule has 2 aromatic rings. The van der Waals surface area contributed by atoms with Crippen LogP contribution >= 0.6 is 0 Å². The van der Waals surface area contributed by atoms with Crippen molar-refractivity contribution in [2.75, 3.05) is 27.3 Å². The summed E-state index contributed by atoms with van der Waals surface area (Å²) in [5.74, 6) is 1.19. The molecule has 0 unspecified atom stereocenters. The average Bonchev–Trinajstić information content (AvgIpc) is 2.75. The summed E-state index contributed by atoms with van der Waals surface area (Å²) in [6, 6.07) is 12.4. The first-order valence-electron chi connectivity index (χ1n) is 9.56. The van der Waals surface area contributed by atoms with Crippen LogP contribution in [-0.2, 0) is 20.0 Å². The Bertz CT molecular complexity index is 905. The number of hydrogen-bond acceptors (Lipinski definition) is 6. The number of sulfonamides is 2. The molecule has 166 valence electrons. The Morgan fingerprint density at radius 1 is 0.600 bits per heavy atom. The molecule has 0 amide bonds. The molecular formula is C20H28N2O6S2. The minimum atomic E-state index is -3.54. The maximum Gasteiger partial charge on any atom is 0.240 e. The molecule has 0 aliphatic heterocycles. The number of unbranched alkanes of at least 4 members (excludes halogenated alkanes) is 3. The largest absolute Gasteiger partial charge is 0.497 e. The van der Waals surface area contributed by atoms with E-state index in [-0.39, 0.29) is 9.79 Å². The number of hydrogen-bond donors (Lipinski definition) is 2. The minimum absolute atomic E-state index is 0.191. The van der Waals surface area contributed by atoms with Crippen molar-refractivity contribution in [3.05, 3.63) is 48.5 Å². The molecule has 2 aromatic carbocycles. The van der Waals surface area contributed by atoms with Gasteiger partial charge in [0.15, 0.2) is 0 Å². The van der Waals surface area contributed by atoms with Crippen molar-refractivity contribution in [2.24, 2.45) is 0 Å². The standard InChI is InChI=1S/C20H28N2O6S2/c1-27-17-7-11-19(12-8-17)29(23,24)21-15-5-3-4-6-16-22-30(25,26)20-13-9-18(28-2)10-14-20/h7-14,21-22H,3-6,15-16H2,1-2H3. The van der Waals surface area contributed by atoms with E-state index < -0.39 is 20.0 Å². The fourth-order valence-corrected chi connectivity index (χ4v) is 4.84. The van der Waals surface area contributed by atoms with Crippen LogP contribution in [0.1, 0.15) is 25.7 Å². The van der Waals surface area contributed by atoms with E-state index in [9.17, 15) is 16.8 Å². The van der Waals surface area contributed by atoms with Crippen molar-refractivity contribution < 1.29 is 26.3 Å². The Morgan fingerprint density at radius 2 is 0.933 bits per heavy atom. The monoisotopic (exact) mass is 456 g/mol. The molecule has 0 aliphatic rings. The lowest BCUT2D eigenvalue weighted by Gasteiger charge is -2.09. The first-order chi connectivity index (χ1) is 14.3. The van der Waals surface area contributed by atoms with Gasteiger partial charge in [0.05, 0.1) is 24.0 Å². The topological polar surface area (TPSA) is 111 Å². The van der Waals surface area contributed by atoms with Crippen molar-refractivity contribution in [2.45, 2.75) is 35.5 Å². The number of methoxy groups -OCH3 is 2. The zero-order valence-corrected chi connectivity index (χ0v) is 18.8. The molecule has 0 aromatic heterocycles. The number of nitrogens with one attached hydrogen (secondary N) is 2. The highest BCUT2D eigenvalue weighted by atomic mass is 32.2. The summed E-state index contributed by atoms with van der Waals surface area (Å²) in [5.41, 5.74) is 0. The summed E-state index contributed by atoms with van der Waals surface area (Å²) in [7, 11) is -4.05. The SMILES string of the molecule is COc1ccc(S(=O)(=O)NCCCCCCNS(=O)(=O)c2ccc(OC)cc2)cc1. The predicted molar refractivity (Wildman–Crippen MR) is 115 cm³/mol. The highest BCUT2D eigenvalue weighted by Crippen LogP contribution is 2.16. The van der Waals surface area contributed by atoms with Gasteiger partial charge in [-0.15, -0.1) is 0 Å². The van der Waals surface area contributed by atoms with Crippen LogP contribution < -0.4 is 18.9 Å². The molecule has 0 radical (unpaired) electrons. The maximum absolute atomic E-state index is 12.2. The van der Waals surface area contributed by atoms with E-state index in [1.165, 1.54) is 38.5 Å². The molecule has 0 bridgehead atoms. The van der Waals surface area contributed by atoms with Crippen LogP contribution in [0.5, 0.6) is 11.5 Å². The number of ether oxygens (including phenoxy) is 2. The van der Waals surface area contributed by atoms with Gasteiger partial charge in [0.2, 0.25) is 20.0 Å². The van der Waals surface area contributed by atoms with Crippen LogP contribution in [0.4, 0.5) is 0 Å². The highest BCUT2D eigenvalue weighted by molar-refractivity contribution is 7.89. The van der Waals surface area contributed by atoms with Gasteiger partial charge in [-0.3, -0.25) is 0 Å². The van der Waals surface area contributed by atoms with Crippen LogP contribution in [-0.4, -0.2) is 44.1 Å².